The van der Waals surface area contributed by atoms with Crippen molar-refractivity contribution in [3.05, 3.63) is 94.2 Å². The fourth-order valence-corrected chi connectivity index (χ4v) is 2.18. The smallest absolute Gasteiger partial charge is 0.261 e. The molecule has 0 fully saturated rings. The number of aromatic amines is 1. The summed E-state index contributed by atoms with van der Waals surface area (Å²) >= 11 is 0. The minimum atomic E-state index is -0.442. The number of nitrogens with one attached hydrogen (secondary N) is 2. The van der Waals surface area contributed by atoms with Gasteiger partial charge in [0.1, 0.15) is 5.56 Å². The first-order valence-corrected chi connectivity index (χ1v) is 7.40. The molecule has 0 spiro atoms. The van der Waals surface area contributed by atoms with Crippen LogP contribution in [0.3, 0.4) is 0 Å². The van der Waals surface area contributed by atoms with Crippen LogP contribution in [0.1, 0.15) is 21.6 Å². The van der Waals surface area contributed by atoms with E-state index in [-0.39, 0.29) is 5.56 Å². The lowest BCUT2D eigenvalue weighted by Crippen LogP contribution is -2.22. The van der Waals surface area contributed by atoms with Gasteiger partial charge in [-0.3, -0.25) is 14.6 Å². The van der Waals surface area contributed by atoms with E-state index in [9.17, 15) is 9.59 Å². The number of nitrogens with zero attached hydrogens (tertiary/aromatic N) is 1. The van der Waals surface area contributed by atoms with Crippen LogP contribution in [0.2, 0.25) is 0 Å². The van der Waals surface area contributed by atoms with Crippen molar-refractivity contribution in [1.29, 1.82) is 0 Å². The number of benzene rings is 1. The Morgan fingerprint density at radius 2 is 1.96 bits per heavy atom. The highest BCUT2D eigenvalue weighted by molar-refractivity contribution is 6.04. The first-order valence-electron chi connectivity index (χ1n) is 7.40. The third kappa shape index (κ3) is 3.84. The molecule has 118 valence electrons. The van der Waals surface area contributed by atoms with Gasteiger partial charge in [-0.05, 0) is 48.0 Å². The van der Waals surface area contributed by atoms with Crippen molar-refractivity contribution in [3.63, 3.8) is 0 Å². The number of carbonyl (C=O) groups is 1. The fraction of sp³-hybridized carbons (Fsp3) is 0. The summed E-state index contributed by atoms with van der Waals surface area (Å²) < 4.78 is 0. The van der Waals surface area contributed by atoms with Crippen molar-refractivity contribution in [2.45, 2.75) is 0 Å². The van der Waals surface area contributed by atoms with Crippen LogP contribution >= 0.6 is 0 Å². The van der Waals surface area contributed by atoms with Gasteiger partial charge in [-0.15, -0.1) is 0 Å². The summed E-state index contributed by atoms with van der Waals surface area (Å²) in [7, 11) is 0. The maximum absolute atomic E-state index is 12.2. The van der Waals surface area contributed by atoms with Gasteiger partial charge in [-0.25, -0.2) is 0 Å². The van der Waals surface area contributed by atoms with E-state index < -0.39 is 11.5 Å². The molecule has 0 saturated carbocycles. The summed E-state index contributed by atoms with van der Waals surface area (Å²) in [6.45, 7) is 0. The molecule has 2 N–H and O–H groups in total. The Morgan fingerprint density at radius 1 is 1.04 bits per heavy atom. The second-order valence-electron chi connectivity index (χ2n) is 5.08. The third-order valence-corrected chi connectivity index (χ3v) is 3.34. The number of pyridine rings is 2. The Balaban J connectivity index is 1.76. The highest BCUT2D eigenvalue weighted by Gasteiger charge is 2.09. The zero-order valence-corrected chi connectivity index (χ0v) is 12.8. The SMILES string of the molecule is O=C(Nc1cccc(/C=C/c2ccccn2)c1)c1ccc[nH]c1=O. The van der Waals surface area contributed by atoms with Crippen LogP contribution in [0.15, 0.2) is 71.8 Å². The topological polar surface area (TPSA) is 74.8 Å². The average Bonchev–Trinajstić information content (AvgIpc) is 2.61. The van der Waals surface area contributed by atoms with E-state index in [1.807, 2.05) is 48.6 Å². The molecule has 0 saturated heterocycles. The van der Waals surface area contributed by atoms with Crippen molar-refractivity contribution < 1.29 is 4.79 Å². The van der Waals surface area contributed by atoms with Crippen molar-refractivity contribution in [1.82, 2.24) is 9.97 Å². The second kappa shape index (κ2) is 7.19. The number of aromatic nitrogens is 2. The van der Waals surface area contributed by atoms with E-state index in [2.05, 4.69) is 15.3 Å². The number of anilines is 1. The molecule has 3 aromatic rings. The van der Waals surface area contributed by atoms with E-state index in [1.165, 1.54) is 12.3 Å². The van der Waals surface area contributed by atoms with E-state index >= 15 is 0 Å². The van der Waals surface area contributed by atoms with Crippen molar-refractivity contribution in [3.8, 4) is 0 Å². The predicted octanol–water partition coefficient (Wildman–Crippen LogP) is 3.19. The number of H-pyrrole nitrogens is 1. The maximum atomic E-state index is 12.2. The van der Waals surface area contributed by atoms with Gasteiger partial charge in [0, 0.05) is 18.1 Å². The maximum Gasteiger partial charge on any atom is 0.261 e. The number of rotatable bonds is 4. The number of amides is 1. The van der Waals surface area contributed by atoms with E-state index in [4.69, 9.17) is 0 Å². The molecule has 5 heteroatoms. The molecule has 1 amide bonds. The van der Waals surface area contributed by atoms with Crippen LogP contribution in [0, 0.1) is 0 Å². The van der Waals surface area contributed by atoms with Crippen LogP contribution in [0.4, 0.5) is 5.69 Å². The minimum Gasteiger partial charge on any atom is -0.328 e. The Morgan fingerprint density at radius 3 is 2.75 bits per heavy atom. The average molecular weight is 317 g/mol. The molecule has 24 heavy (non-hydrogen) atoms. The lowest BCUT2D eigenvalue weighted by molar-refractivity contribution is 0.102. The zero-order chi connectivity index (χ0) is 16.8. The molecule has 0 aliphatic heterocycles. The molecule has 0 radical (unpaired) electrons. The molecule has 5 nitrogen and oxygen atoms in total. The second-order valence-corrected chi connectivity index (χ2v) is 5.08. The molecule has 3 rings (SSSR count). The van der Waals surface area contributed by atoms with Crippen LogP contribution in [-0.4, -0.2) is 15.9 Å². The van der Waals surface area contributed by atoms with Gasteiger partial charge in [-0.2, -0.15) is 0 Å². The fourth-order valence-electron chi connectivity index (χ4n) is 2.18. The van der Waals surface area contributed by atoms with Gasteiger partial charge in [-0.1, -0.05) is 24.3 Å². The van der Waals surface area contributed by atoms with Crippen LogP contribution in [-0.2, 0) is 0 Å². The number of hydrogen-bond donors (Lipinski definition) is 2. The predicted molar refractivity (Wildman–Crippen MR) is 94.6 cm³/mol. The summed E-state index contributed by atoms with van der Waals surface area (Å²) in [6, 6.07) is 16.1. The Bertz CT molecular complexity index is 930. The van der Waals surface area contributed by atoms with E-state index in [0.717, 1.165) is 11.3 Å². The summed E-state index contributed by atoms with van der Waals surface area (Å²) in [4.78, 5) is 30.5. The van der Waals surface area contributed by atoms with Gasteiger partial charge in [0.2, 0.25) is 0 Å². The van der Waals surface area contributed by atoms with Gasteiger partial charge < -0.3 is 10.3 Å². The summed E-state index contributed by atoms with van der Waals surface area (Å²) in [5, 5.41) is 2.73. The molecule has 0 aliphatic carbocycles. The normalized spacial score (nSPS) is 10.7. The summed E-state index contributed by atoms with van der Waals surface area (Å²) in [5.41, 5.74) is 2.04. The quantitative estimate of drug-likeness (QED) is 0.776. The van der Waals surface area contributed by atoms with Gasteiger partial charge in [0.05, 0.1) is 5.69 Å². The molecule has 2 aromatic heterocycles. The highest BCUT2D eigenvalue weighted by atomic mass is 16.2. The molecule has 2 heterocycles. The molecule has 0 aliphatic rings. The van der Waals surface area contributed by atoms with Crippen LogP contribution in [0.25, 0.3) is 12.2 Å². The summed E-state index contributed by atoms with van der Waals surface area (Å²) in [6.07, 6.45) is 7.02. The molecule has 0 unspecified atom stereocenters. The van der Waals surface area contributed by atoms with E-state index in [0.29, 0.717) is 5.69 Å². The van der Waals surface area contributed by atoms with Gasteiger partial charge >= 0.3 is 0 Å². The number of carbonyl (C=O) groups excluding carboxylic acids is 1. The first-order chi connectivity index (χ1) is 11.7. The Hall–Kier alpha value is -3.47. The third-order valence-electron chi connectivity index (χ3n) is 3.34. The number of hydrogen-bond acceptors (Lipinski definition) is 3. The Labute approximate surface area is 138 Å². The molecular weight excluding hydrogens is 302 g/mol. The first kappa shape index (κ1) is 15.4. The lowest BCUT2D eigenvalue weighted by Gasteiger charge is -2.05. The molecule has 1 aromatic carbocycles. The van der Waals surface area contributed by atoms with Gasteiger partial charge in [0.15, 0.2) is 0 Å². The van der Waals surface area contributed by atoms with Crippen molar-refractivity contribution in [2.75, 3.05) is 5.32 Å². The van der Waals surface area contributed by atoms with Crippen molar-refractivity contribution >= 4 is 23.7 Å². The Kier molecular flexibility index (Phi) is 4.62. The van der Waals surface area contributed by atoms with Crippen molar-refractivity contribution in [2.24, 2.45) is 0 Å². The zero-order valence-electron chi connectivity index (χ0n) is 12.8. The van der Waals surface area contributed by atoms with Crippen LogP contribution in [0.5, 0.6) is 0 Å². The monoisotopic (exact) mass is 317 g/mol. The lowest BCUT2D eigenvalue weighted by atomic mass is 10.1. The molecular formula is C19H15N3O2. The van der Waals surface area contributed by atoms with E-state index in [1.54, 1.807) is 18.3 Å². The largest absolute Gasteiger partial charge is 0.328 e. The highest BCUT2D eigenvalue weighted by Crippen LogP contribution is 2.14. The standard InChI is InChI=1S/C19H15N3O2/c23-18-17(8-4-12-21-18)19(24)22-16-7-3-5-14(13-16)9-10-15-6-1-2-11-20-15/h1-13H,(H,21,23)(H,22,24)/b10-9+. The summed E-state index contributed by atoms with van der Waals surface area (Å²) in [5.74, 6) is -0.442. The van der Waals surface area contributed by atoms with Crippen LogP contribution < -0.4 is 10.9 Å². The molecule has 0 bridgehead atoms. The minimum absolute atomic E-state index is 0.0759. The molecule has 0 atom stereocenters. The van der Waals surface area contributed by atoms with Gasteiger partial charge in [0.25, 0.3) is 11.5 Å².